The minimum Gasteiger partial charge on any atom is -0.360 e. The van der Waals surface area contributed by atoms with Crippen LogP contribution < -0.4 is 4.72 Å². The topological polar surface area (TPSA) is 72.2 Å². The van der Waals surface area contributed by atoms with Gasteiger partial charge < -0.3 is 4.52 Å². The van der Waals surface area contributed by atoms with Gasteiger partial charge in [0.1, 0.15) is 5.76 Å². The number of nitrogens with one attached hydrogen (secondary N) is 1. The highest BCUT2D eigenvalue weighted by Gasteiger charge is 2.16. The first-order chi connectivity index (χ1) is 6.93. The lowest BCUT2D eigenvalue weighted by atomic mass is 10.3. The second-order valence-electron chi connectivity index (χ2n) is 3.47. The van der Waals surface area contributed by atoms with Gasteiger partial charge in [0.25, 0.3) is 0 Å². The van der Waals surface area contributed by atoms with Gasteiger partial charge in [-0.25, -0.2) is 8.42 Å². The van der Waals surface area contributed by atoms with Crippen molar-refractivity contribution in [2.45, 2.75) is 13.8 Å². The molecule has 15 heavy (non-hydrogen) atoms. The molecule has 7 heteroatoms. The Morgan fingerprint density at radius 3 is 2.80 bits per heavy atom. The first-order valence-electron chi connectivity index (χ1n) is 4.42. The SMILES string of the molecule is Cc1cc(NS(=O)(=O)CC(C)CCl)no1. The molecule has 1 heterocycles. The van der Waals surface area contributed by atoms with Crippen LogP contribution in [0.1, 0.15) is 12.7 Å². The van der Waals surface area contributed by atoms with Crippen molar-refractivity contribution in [3.8, 4) is 0 Å². The van der Waals surface area contributed by atoms with Crippen LogP contribution in [0.4, 0.5) is 5.82 Å². The number of anilines is 1. The summed E-state index contributed by atoms with van der Waals surface area (Å²) in [6.07, 6.45) is 0. The average Bonchev–Trinajstić information content (AvgIpc) is 2.49. The van der Waals surface area contributed by atoms with Gasteiger partial charge in [-0.2, -0.15) is 0 Å². The molecule has 1 aromatic heterocycles. The first kappa shape index (κ1) is 12.3. The van der Waals surface area contributed by atoms with Gasteiger partial charge >= 0.3 is 0 Å². The maximum absolute atomic E-state index is 11.5. The van der Waals surface area contributed by atoms with E-state index in [1.165, 1.54) is 6.07 Å². The summed E-state index contributed by atoms with van der Waals surface area (Å²) in [6.45, 7) is 3.45. The molecule has 5 nitrogen and oxygen atoms in total. The summed E-state index contributed by atoms with van der Waals surface area (Å²) in [5.41, 5.74) is 0. The monoisotopic (exact) mass is 252 g/mol. The second-order valence-corrected chi connectivity index (χ2v) is 5.54. The third-order valence-electron chi connectivity index (χ3n) is 1.66. The Bertz CT molecular complexity index is 415. The highest BCUT2D eigenvalue weighted by Crippen LogP contribution is 2.11. The first-order valence-corrected chi connectivity index (χ1v) is 6.61. The van der Waals surface area contributed by atoms with E-state index in [4.69, 9.17) is 16.1 Å². The van der Waals surface area contributed by atoms with Crippen LogP contribution in [0.3, 0.4) is 0 Å². The smallest absolute Gasteiger partial charge is 0.234 e. The molecule has 1 N–H and O–H groups in total. The third kappa shape index (κ3) is 4.09. The Balaban J connectivity index is 2.64. The molecule has 0 saturated heterocycles. The summed E-state index contributed by atoms with van der Waals surface area (Å²) < 4.78 is 30.1. The molecule has 0 aliphatic carbocycles. The maximum atomic E-state index is 11.5. The number of nitrogens with zero attached hydrogens (tertiary/aromatic N) is 1. The third-order valence-corrected chi connectivity index (χ3v) is 3.71. The van der Waals surface area contributed by atoms with Gasteiger partial charge in [-0.05, 0) is 12.8 Å². The largest absolute Gasteiger partial charge is 0.360 e. The van der Waals surface area contributed by atoms with E-state index < -0.39 is 10.0 Å². The fraction of sp³-hybridized carbons (Fsp3) is 0.625. The van der Waals surface area contributed by atoms with E-state index >= 15 is 0 Å². The van der Waals surface area contributed by atoms with Crippen LogP contribution in [0, 0.1) is 12.8 Å². The van der Waals surface area contributed by atoms with Crippen LogP contribution in [0.2, 0.25) is 0 Å². The molecule has 0 amide bonds. The molecule has 1 unspecified atom stereocenters. The molecule has 0 aliphatic heterocycles. The van der Waals surface area contributed by atoms with E-state index in [0.717, 1.165) is 0 Å². The van der Waals surface area contributed by atoms with Crippen molar-refractivity contribution in [1.82, 2.24) is 5.16 Å². The molecule has 1 atom stereocenters. The van der Waals surface area contributed by atoms with Crippen LogP contribution in [0.5, 0.6) is 0 Å². The Labute approximate surface area is 93.8 Å². The number of hydrogen-bond donors (Lipinski definition) is 1. The molecule has 0 fully saturated rings. The van der Waals surface area contributed by atoms with E-state index in [0.29, 0.717) is 11.6 Å². The fourth-order valence-corrected chi connectivity index (χ4v) is 2.64. The summed E-state index contributed by atoms with van der Waals surface area (Å²) in [4.78, 5) is 0. The summed E-state index contributed by atoms with van der Waals surface area (Å²) in [5, 5.41) is 3.54. The molecule has 1 aromatic rings. The lowest BCUT2D eigenvalue weighted by Crippen LogP contribution is -2.22. The molecule has 1 rings (SSSR count). The van der Waals surface area contributed by atoms with Crippen LogP contribution in [0.25, 0.3) is 0 Å². The van der Waals surface area contributed by atoms with Crippen molar-refractivity contribution >= 4 is 27.4 Å². The normalized spacial score (nSPS) is 13.8. The summed E-state index contributed by atoms with van der Waals surface area (Å²) in [7, 11) is -3.39. The van der Waals surface area contributed by atoms with Crippen LogP contribution in [-0.2, 0) is 10.0 Å². The van der Waals surface area contributed by atoms with Gasteiger partial charge in [-0.1, -0.05) is 12.1 Å². The van der Waals surface area contributed by atoms with Gasteiger partial charge in [0.2, 0.25) is 10.0 Å². The van der Waals surface area contributed by atoms with Crippen molar-refractivity contribution in [3.05, 3.63) is 11.8 Å². The van der Waals surface area contributed by atoms with Gasteiger partial charge in [0.05, 0.1) is 5.75 Å². The van der Waals surface area contributed by atoms with Crippen molar-refractivity contribution < 1.29 is 12.9 Å². The van der Waals surface area contributed by atoms with Crippen molar-refractivity contribution in [1.29, 1.82) is 0 Å². The zero-order valence-electron chi connectivity index (χ0n) is 8.53. The Morgan fingerprint density at radius 1 is 1.67 bits per heavy atom. The number of halogens is 1. The molecule has 0 radical (unpaired) electrons. The molecule has 0 aromatic carbocycles. The van der Waals surface area contributed by atoms with Gasteiger partial charge in [0.15, 0.2) is 5.82 Å². The fourth-order valence-electron chi connectivity index (χ4n) is 1.03. The molecule has 0 spiro atoms. The Morgan fingerprint density at radius 2 is 2.33 bits per heavy atom. The van der Waals surface area contributed by atoms with Gasteiger partial charge in [0, 0.05) is 11.9 Å². The predicted octanol–water partition coefficient (Wildman–Crippen LogP) is 1.60. The van der Waals surface area contributed by atoms with Gasteiger partial charge in [-0.3, -0.25) is 4.72 Å². The van der Waals surface area contributed by atoms with Crippen molar-refractivity contribution in [2.75, 3.05) is 16.4 Å². The average molecular weight is 253 g/mol. The minimum absolute atomic E-state index is 0.0254. The zero-order valence-corrected chi connectivity index (χ0v) is 10.1. The molecule has 86 valence electrons. The van der Waals surface area contributed by atoms with E-state index in [-0.39, 0.29) is 17.5 Å². The highest BCUT2D eigenvalue weighted by atomic mass is 35.5. The quantitative estimate of drug-likeness (QED) is 0.808. The second kappa shape index (κ2) is 4.85. The van der Waals surface area contributed by atoms with Crippen LogP contribution >= 0.6 is 11.6 Å². The number of aromatic nitrogens is 1. The molecular weight excluding hydrogens is 240 g/mol. The number of sulfonamides is 1. The Kier molecular flexibility index (Phi) is 3.98. The predicted molar refractivity (Wildman–Crippen MR) is 58.5 cm³/mol. The zero-order chi connectivity index (χ0) is 11.5. The molecule has 0 saturated carbocycles. The Hall–Kier alpha value is -0.750. The minimum atomic E-state index is -3.39. The maximum Gasteiger partial charge on any atom is 0.234 e. The van der Waals surface area contributed by atoms with Crippen LogP contribution in [0.15, 0.2) is 10.6 Å². The van der Waals surface area contributed by atoms with E-state index in [9.17, 15) is 8.42 Å². The highest BCUT2D eigenvalue weighted by molar-refractivity contribution is 7.92. The van der Waals surface area contributed by atoms with Crippen LogP contribution in [-0.4, -0.2) is 25.2 Å². The van der Waals surface area contributed by atoms with Crippen molar-refractivity contribution in [2.24, 2.45) is 5.92 Å². The summed E-state index contributed by atoms with van der Waals surface area (Å²) >= 11 is 5.54. The van der Waals surface area contributed by atoms with Gasteiger partial charge in [-0.15, -0.1) is 11.6 Å². The lowest BCUT2D eigenvalue weighted by molar-refractivity contribution is 0.400. The molecule has 0 aliphatic rings. The molecule has 0 bridgehead atoms. The lowest BCUT2D eigenvalue weighted by Gasteiger charge is -2.08. The number of hydrogen-bond acceptors (Lipinski definition) is 4. The van der Waals surface area contributed by atoms with Crippen molar-refractivity contribution in [3.63, 3.8) is 0 Å². The number of rotatable bonds is 5. The summed E-state index contributed by atoms with van der Waals surface area (Å²) in [6, 6.07) is 1.52. The molecular formula is C8H13ClN2O3S. The number of alkyl halides is 1. The van der Waals surface area contributed by atoms with E-state index in [1.54, 1.807) is 13.8 Å². The standard InChI is InChI=1S/C8H13ClN2O3S/c1-6(4-9)5-15(12,13)11-8-3-7(2)14-10-8/h3,6H,4-5H2,1-2H3,(H,10,11). The number of aryl methyl sites for hydroxylation is 1. The van der Waals surface area contributed by atoms with E-state index in [2.05, 4.69) is 9.88 Å². The van der Waals surface area contributed by atoms with E-state index in [1.807, 2.05) is 0 Å². The summed E-state index contributed by atoms with van der Waals surface area (Å²) in [5.74, 6) is 0.936.